The molecule has 6 heteroatoms. The molecule has 0 bridgehead atoms. The van der Waals surface area contributed by atoms with E-state index in [1.54, 1.807) is 24.3 Å². The van der Waals surface area contributed by atoms with Crippen LogP contribution in [0.25, 0.3) is 0 Å². The van der Waals surface area contributed by atoms with Gasteiger partial charge in [0.15, 0.2) is 0 Å². The van der Waals surface area contributed by atoms with Crippen LogP contribution in [0.15, 0.2) is 46.9 Å². The van der Waals surface area contributed by atoms with Gasteiger partial charge < -0.3 is 11.1 Å². The lowest BCUT2D eigenvalue weighted by molar-refractivity contribution is -0.138. The molecule has 20 heavy (non-hydrogen) atoms. The Balaban J connectivity index is 2.19. The second-order valence-electron chi connectivity index (χ2n) is 4.24. The number of nitrogen functional groups attached to an aromatic ring is 1. The summed E-state index contributed by atoms with van der Waals surface area (Å²) in [6.07, 6.45) is -4.36. The number of nitrogens with two attached hydrogens (primary N) is 1. The van der Waals surface area contributed by atoms with Crippen LogP contribution in [0, 0.1) is 0 Å². The fourth-order valence-electron chi connectivity index (χ4n) is 1.84. The van der Waals surface area contributed by atoms with Crippen LogP contribution in [0.2, 0.25) is 0 Å². The van der Waals surface area contributed by atoms with Crippen LogP contribution in [0.5, 0.6) is 0 Å². The Labute approximate surface area is 122 Å². The highest BCUT2D eigenvalue weighted by molar-refractivity contribution is 9.10. The normalized spacial score (nSPS) is 11.4. The second-order valence-corrected chi connectivity index (χ2v) is 5.16. The van der Waals surface area contributed by atoms with Crippen molar-refractivity contribution in [2.24, 2.45) is 0 Å². The molecule has 0 aromatic heterocycles. The third kappa shape index (κ3) is 3.45. The van der Waals surface area contributed by atoms with Crippen LogP contribution >= 0.6 is 15.9 Å². The average Bonchev–Trinajstić information content (AvgIpc) is 2.37. The Morgan fingerprint density at radius 3 is 2.45 bits per heavy atom. The molecule has 106 valence electrons. The van der Waals surface area contributed by atoms with Crippen LogP contribution in [0.3, 0.4) is 0 Å². The van der Waals surface area contributed by atoms with Gasteiger partial charge in [-0.2, -0.15) is 13.2 Å². The zero-order chi connectivity index (χ0) is 14.8. The molecule has 0 unspecified atom stereocenters. The van der Waals surface area contributed by atoms with Crippen molar-refractivity contribution in [3.63, 3.8) is 0 Å². The molecule has 0 saturated heterocycles. The smallest absolute Gasteiger partial charge is 0.397 e. The summed E-state index contributed by atoms with van der Waals surface area (Å²) in [5.74, 6) is 0. The number of halogens is 4. The van der Waals surface area contributed by atoms with Gasteiger partial charge in [-0.1, -0.05) is 34.1 Å². The molecule has 0 spiro atoms. The number of alkyl halides is 3. The molecular formula is C14H12BrF3N2. The van der Waals surface area contributed by atoms with E-state index >= 15 is 0 Å². The molecule has 2 rings (SSSR count). The molecule has 0 aliphatic rings. The van der Waals surface area contributed by atoms with Crippen molar-refractivity contribution in [1.82, 2.24) is 0 Å². The third-order valence-corrected chi connectivity index (χ3v) is 3.30. The summed E-state index contributed by atoms with van der Waals surface area (Å²) >= 11 is 3.27. The minimum Gasteiger partial charge on any atom is -0.397 e. The molecule has 0 fully saturated rings. The van der Waals surface area contributed by atoms with Gasteiger partial charge in [0.1, 0.15) is 0 Å². The first-order valence-electron chi connectivity index (χ1n) is 5.82. The highest BCUT2D eigenvalue weighted by atomic mass is 79.9. The fourth-order valence-corrected chi connectivity index (χ4v) is 2.21. The second kappa shape index (κ2) is 5.75. The number of hydrogen-bond donors (Lipinski definition) is 2. The van der Waals surface area contributed by atoms with Crippen LogP contribution in [0.1, 0.15) is 11.1 Å². The summed E-state index contributed by atoms with van der Waals surface area (Å²) in [5.41, 5.74) is 6.42. The molecular weight excluding hydrogens is 333 g/mol. The molecule has 0 aliphatic carbocycles. The zero-order valence-corrected chi connectivity index (χ0v) is 11.9. The van der Waals surface area contributed by atoms with E-state index in [0.29, 0.717) is 11.4 Å². The molecule has 0 amide bonds. The summed E-state index contributed by atoms with van der Waals surface area (Å²) in [7, 11) is 0. The van der Waals surface area contributed by atoms with Crippen molar-refractivity contribution in [1.29, 1.82) is 0 Å². The quantitative estimate of drug-likeness (QED) is 0.794. The number of anilines is 2. The highest BCUT2D eigenvalue weighted by Crippen LogP contribution is 2.32. The van der Waals surface area contributed by atoms with Crippen LogP contribution < -0.4 is 11.1 Å². The van der Waals surface area contributed by atoms with Crippen molar-refractivity contribution in [3.05, 3.63) is 58.1 Å². The minimum absolute atomic E-state index is 0.0571. The fraction of sp³-hybridized carbons (Fsp3) is 0.143. The monoisotopic (exact) mass is 344 g/mol. The molecule has 2 aromatic carbocycles. The summed E-state index contributed by atoms with van der Waals surface area (Å²) in [6.45, 7) is 0.0571. The first-order chi connectivity index (χ1) is 9.38. The lowest BCUT2D eigenvalue weighted by atomic mass is 10.1. The molecule has 2 nitrogen and oxygen atoms in total. The Morgan fingerprint density at radius 2 is 1.80 bits per heavy atom. The highest BCUT2D eigenvalue weighted by Gasteiger charge is 2.32. The number of nitrogens with one attached hydrogen (secondary N) is 1. The molecule has 2 aromatic rings. The van der Waals surface area contributed by atoms with Gasteiger partial charge in [-0.15, -0.1) is 0 Å². The molecule has 3 N–H and O–H groups in total. The molecule has 0 saturated carbocycles. The van der Waals surface area contributed by atoms with Crippen molar-refractivity contribution < 1.29 is 13.2 Å². The minimum atomic E-state index is -4.36. The van der Waals surface area contributed by atoms with E-state index in [4.69, 9.17) is 5.73 Å². The lowest BCUT2D eigenvalue weighted by Gasteiger charge is -2.14. The predicted molar refractivity (Wildman–Crippen MR) is 77.3 cm³/mol. The van der Waals surface area contributed by atoms with E-state index in [1.807, 2.05) is 0 Å². The largest absolute Gasteiger partial charge is 0.416 e. The SMILES string of the molecule is Nc1cc(Br)ccc1NCc1ccccc1C(F)(F)F. The maximum atomic E-state index is 12.8. The van der Waals surface area contributed by atoms with E-state index in [-0.39, 0.29) is 12.1 Å². The lowest BCUT2D eigenvalue weighted by Crippen LogP contribution is -2.12. The van der Waals surface area contributed by atoms with Gasteiger partial charge in [0.2, 0.25) is 0 Å². The first-order valence-corrected chi connectivity index (χ1v) is 6.61. The molecule has 0 aliphatic heterocycles. The summed E-state index contributed by atoms with van der Waals surface area (Å²) in [5, 5.41) is 2.92. The number of benzene rings is 2. The summed E-state index contributed by atoms with van der Waals surface area (Å²) in [4.78, 5) is 0. The van der Waals surface area contributed by atoms with Gasteiger partial charge >= 0.3 is 6.18 Å². The average molecular weight is 345 g/mol. The topological polar surface area (TPSA) is 38.0 Å². The maximum absolute atomic E-state index is 12.8. The van der Waals surface area contributed by atoms with Crippen molar-refractivity contribution in [2.45, 2.75) is 12.7 Å². The van der Waals surface area contributed by atoms with Crippen LogP contribution in [-0.4, -0.2) is 0 Å². The Bertz CT molecular complexity index is 612. The molecule has 0 atom stereocenters. The zero-order valence-electron chi connectivity index (χ0n) is 10.3. The van der Waals surface area contributed by atoms with Gasteiger partial charge in [-0.05, 0) is 29.8 Å². The molecule has 0 heterocycles. The van der Waals surface area contributed by atoms with E-state index in [2.05, 4.69) is 21.2 Å². The van der Waals surface area contributed by atoms with Crippen molar-refractivity contribution in [2.75, 3.05) is 11.1 Å². The van der Waals surface area contributed by atoms with Crippen molar-refractivity contribution >= 4 is 27.3 Å². The van der Waals surface area contributed by atoms with Gasteiger partial charge in [-0.3, -0.25) is 0 Å². The van der Waals surface area contributed by atoms with Crippen LogP contribution in [0.4, 0.5) is 24.5 Å². The van der Waals surface area contributed by atoms with Gasteiger partial charge in [0, 0.05) is 11.0 Å². The standard InChI is InChI=1S/C14H12BrF3N2/c15-10-5-6-13(12(19)7-10)20-8-9-3-1-2-4-11(9)14(16,17)18/h1-7,20H,8,19H2. The van der Waals surface area contributed by atoms with E-state index in [1.165, 1.54) is 12.1 Å². The number of rotatable bonds is 3. The van der Waals surface area contributed by atoms with Gasteiger partial charge in [0.25, 0.3) is 0 Å². The summed E-state index contributed by atoms with van der Waals surface area (Å²) < 4.78 is 39.4. The van der Waals surface area contributed by atoms with Crippen molar-refractivity contribution in [3.8, 4) is 0 Å². The molecule has 0 radical (unpaired) electrons. The van der Waals surface area contributed by atoms with Gasteiger partial charge in [-0.25, -0.2) is 0 Å². The Kier molecular flexibility index (Phi) is 4.23. The first kappa shape index (κ1) is 14.7. The van der Waals surface area contributed by atoms with Crippen LogP contribution in [-0.2, 0) is 12.7 Å². The van der Waals surface area contributed by atoms with E-state index < -0.39 is 11.7 Å². The Morgan fingerprint density at radius 1 is 1.10 bits per heavy atom. The Hall–Kier alpha value is -1.69. The third-order valence-electron chi connectivity index (χ3n) is 2.81. The summed E-state index contributed by atoms with van der Waals surface area (Å²) in [6, 6.07) is 10.7. The van der Waals surface area contributed by atoms with E-state index in [9.17, 15) is 13.2 Å². The number of hydrogen-bond acceptors (Lipinski definition) is 2. The van der Waals surface area contributed by atoms with Gasteiger partial charge in [0.05, 0.1) is 16.9 Å². The van der Waals surface area contributed by atoms with E-state index in [0.717, 1.165) is 10.5 Å². The maximum Gasteiger partial charge on any atom is 0.416 e. The predicted octanol–water partition coefficient (Wildman–Crippen LogP) is 4.66.